The summed E-state index contributed by atoms with van der Waals surface area (Å²) < 4.78 is 11.1. The first-order chi connectivity index (χ1) is 6.10. The molecule has 0 saturated carbocycles. The first-order valence-corrected chi connectivity index (χ1v) is 7.32. The number of nitrogens with zero attached hydrogens (tertiary/aromatic N) is 1. The van der Waals surface area contributed by atoms with Crippen LogP contribution in [0, 0.1) is 0 Å². The van der Waals surface area contributed by atoms with E-state index in [0.717, 1.165) is 24.4 Å². The van der Waals surface area contributed by atoms with E-state index in [2.05, 4.69) is 17.5 Å². The van der Waals surface area contributed by atoms with Crippen LogP contribution in [0.15, 0.2) is 0 Å². The van der Waals surface area contributed by atoms with Gasteiger partial charge >= 0.3 is 8.56 Å². The van der Waals surface area contributed by atoms with E-state index in [-0.39, 0.29) is 0 Å². The predicted molar refractivity (Wildman–Crippen MR) is 61.6 cm³/mol. The molecule has 0 heterocycles. The highest BCUT2D eigenvalue weighted by atomic mass is 32.1. The predicted octanol–water partition coefficient (Wildman–Crippen LogP) is 1.14. The van der Waals surface area contributed by atoms with E-state index in [1.807, 2.05) is 14.1 Å². The molecule has 5 heteroatoms. The van der Waals surface area contributed by atoms with Crippen LogP contribution in [0.3, 0.4) is 0 Å². The quantitative estimate of drug-likeness (QED) is 0.517. The van der Waals surface area contributed by atoms with E-state index in [9.17, 15) is 0 Å². The molecule has 0 aliphatic heterocycles. The second-order valence-electron chi connectivity index (χ2n) is 3.38. The van der Waals surface area contributed by atoms with Crippen LogP contribution >= 0.6 is 12.6 Å². The lowest BCUT2D eigenvalue weighted by molar-refractivity contribution is 0.222. The highest BCUT2D eigenvalue weighted by Gasteiger charge is 2.35. The molecule has 0 aliphatic carbocycles. The Kier molecular flexibility index (Phi) is 7.07. The lowest BCUT2D eigenvalue weighted by Crippen LogP contribution is -2.49. The molecule has 0 radical (unpaired) electrons. The molecule has 0 saturated heterocycles. The first kappa shape index (κ1) is 13.4. The maximum absolute atomic E-state index is 5.54. The van der Waals surface area contributed by atoms with Crippen LogP contribution in [-0.4, -0.2) is 53.7 Å². The van der Waals surface area contributed by atoms with Gasteiger partial charge in [-0.15, -0.1) is 0 Å². The van der Waals surface area contributed by atoms with Gasteiger partial charge in [0.25, 0.3) is 0 Å². The molecule has 0 amide bonds. The summed E-state index contributed by atoms with van der Waals surface area (Å²) in [5, 5.41) is 0. The molecule has 0 aliphatic rings. The van der Waals surface area contributed by atoms with Gasteiger partial charge in [0, 0.05) is 20.4 Å². The first-order valence-electron chi connectivity index (χ1n) is 4.46. The summed E-state index contributed by atoms with van der Waals surface area (Å²) in [6.45, 7) is 0. The van der Waals surface area contributed by atoms with Crippen molar-refractivity contribution >= 4 is 21.2 Å². The van der Waals surface area contributed by atoms with E-state index in [1.165, 1.54) is 0 Å². The number of hydrogen-bond donors (Lipinski definition) is 1. The lowest BCUT2D eigenvalue weighted by atomic mass is 10.6. The van der Waals surface area contributed by atoms with Gasteiger partial charge in [-0.2, -0.15) is 12.6 Å². The SMILES string of the molecule is CO[Si](CCCS)(CN(C)C)OC. The van der Waals surface area contributed by atoms with Gasteiger partial charge in [0.05, 0.1) is 0 Å². The maximum Gasteiger partial charge on any atom is 0.352 e. The minimum absolute atomic E-state index is 0.898. The highest BCUT2D eigenvalue weighted by Crippen LogP contribution is 2.15. The van der Waals surface area contributed by atoms with E-state index >= 15 is 0 Å². The molecule has 0 bridgehead atoms. The van der Waals surface area contributed by atoms with Crippen molar-refractivity contribution in [2.24, 2.45) is 0 Å². The van der Waals surface area contributed by atoms with E-state index in [0.29, 0.717) is 0 Å². The second kappa shape index (κ2) is 6.84. The van der Waals surface area contributed by atoms with Crippen LogP contribution in [0.1, 0.15) is 6.42 Å². The fourth-order valence-corrected chi connectivity index (χ4v) is 4.45. The summed E-state index contributed by atoms with van der Waals surface area (Å²) in [6, 6.07) is 1.02. The molecule has 0 aromatic carbocycles. The number of rotatable bonds is 7. The van der Waals surface area contributed by atoms with Crippen LogP contribution < -0.4 is 0 Å². The zero-order chi connectivity index (χ0) is 10.3. The zero-order valence-corrected chi connectivity index (χ0v) is 10.9. The van der Waals surface area contributed by atoms with Crippen LogP contribution in [0.5, 0.6) is 0 Å². The van der Waals surface area contributed by atoms with Crippen molar-refractivity contribution in [1.29, 1.82) is 0 Å². The van der Waals surface area contributed by atoms with E-state index in [4.69, 9.17) is 8.85 Å². The Hall–Kier alpha value is 0.447. The van der Waals surface area contributed by atoms with Crippen molar-refractivity contribution in [1.82, 2.24) is 4.90 Å². The van der Waals surface area contributed by atoms with Gasteiger partial charge in [0.1, 0.15) is 0 Å². The zero-order valence-electron chi connectivity index (χ0n) is 9.04. The van der Waals surface area contributed by atoms with Gasteiger partial charge in [0.2, 0.25) is 0 Å². The molecule has 0 fully saturated rings. The molecule has 0 spiro atoms. The van der Waals surface area contributed by atoms with Crippen LogP contribution in [0.2, 0.25) is 6.04 Å². The van der Waals surface area contributed by atoms with Crippen LogP contribution in [0.25, 0.3) is 0 Å². The summed E-state index contributed by atoms with van der Waals surface area (Å²) in [6.07, 6.45) is 1.97. The normalized spacial score (nSPS) is 12.5. The molecular weight excluding hydrogens is 202 g/mol. The summed E-state index contributed by atoms with van der Waals surface area (Å²) in [7, 11) is 5.63. The third kappa shape index (κ3) is 5.02. The molecule has 0 rings (SSSR count). The number of thiol groups is 1. The summed E-state index contributed by atoms with van der Waals surface area (Å²) in [4.78, 5) is 2.12. The molecule has 0 N–H and O–H groups in total. The van der Waals surface area contributed by atoms with Gasteiger partial charge in [-0.25, -0.2) is 0 Å². The molecule has 0 unspecified atom stereocenters. The largest absolute Gasteiger partial charge is 0.397 e. The van der Waals surface area contributed by atoms with Gasteiger partial charge in [-0.1, -0.05) is 0 Å². The van der Waals surface area contributed by atoms with Crippen LogP contribution in [-0.2, 0) is 8.85 Å². The van der Waals surface area contributed by atoms with Gasteiger partial charge in [0.15, 0.2) is 0 Å². The monoisotopic (exact) mass is 223 g/mol. The Bertz CT molecular complexity index is 131. The number of hydrogen-bond acceptors (Lipinski definition) is 4. The molecule has 13 heavy (non-hydrogen) atoms. The second-order valence-corrected chi connectivity index (χ2v) is 7.29. The Morgan fingerprint density at radius 2 is 1.77 bits per heavy atom. The molecule has 80 valence electrons. The van der Waals surface area contributed by atoms with Crippen molar-refractivity contribution in [2.75, 3.05) is 40.2 Å². The van der Waals surface area contributed by atoms with Crippen LogP contribution in [0.4, 0.5) is 0 Å². The standard InChI is InChI=1S/C8H21NO2SSi/c1-9(2)8-13(10-3,11-4)7-5-6-12/h12H,5-8H2,1-4H3. The lowest BCUT2D eigenvalue weighted by Gasteiger charge is -2.29. The minimum Gasteiger partial charge on any atom is -0.397 e. The fourth-order valence-electron chi connectivity index (χ4n) is 1.33. The summed E-state index contributed by atoms with van der Waals surface area (Å²) >= 11 is 4.20. The Morgan fingerprint density at radius 1 is 1.23 bits per heavy atom. The Morgan fingerprint density at radius 3 is 2.08 bits per heavy atom. The topological polar surface area (TPSA) is 21.7 Å². The Balaban J connectivity index is 4.13. The fraction of sp³-hybridized carbons (Fsp3) is 1.00. The highest BCUT2D eigenvalue weighted by molar-refractivity contribution is 7.80. The smallest absolute Gasteiger partial charge is 0.352 e. The average Bonchev–Trinajstić information content (AvgIpc) is 2.12. The van der Waals surface area contributed by atoms with Gasteiger partial charge in [-0.05, 0) is 32.3 Å². The van der Waals surface area contributed by atoms with Crippen molar-refractivity contribution in [3.63, 3.8) is 0 Å². The van der Waals surface area contributed by atoms with E-state index in [1.54, 1.807) is 14.2 Å². The molecule has 0 aromatic heterocycles. The molecule has 0 atom stereocenters. The van der Waals surface area contributed by atoms with Crippen molar-refractivity contribution in [3.8, 4) is 0 Å². The maximum atomic E-state index is 5.54. The summed E-state index contributed by atoms with van der Waals surface area (Å²) in [5.41, 5.74) is 0. The minimum atomic E-state index is -1.95. The molecule has 0 aromatic rings. The average molecular weight is 223 g/mol. The van der Waals surface area contributed by atoms with Crippen molar-refractivity contribution < 1.29 is 8.85 Å². The van der Waals surface area contributed by atoms with Gasteiger partial charge in [-0.3, -0.25) is 0 Å². The molecule has 3 nitrogen and oxygen atoms in total. The van der Waals surface area contributed by atoms with E-state index < -0.39 is 8.56 Å². The van der Waals surface area contributed by atoms with Crippen molar-refractivity contribution in [3.05, 3.63) is 0 Å². The molecular formula is C8H21NO2SSi. The Labute approximate surface area is 88.1 Å². The third-order valence-electron chi connectivity index (χ3n) is 2.02. The van der Waals surface area contributed by atoms with Gasteiger partial charge < -0.3 is 13.8 Å². The third-order valence-corrected chi connectivity index (χ3v) is 6.05. The summed E-state index contributed by atoms with van der Waals surface area (Å²) in [5.74, 6) is 0.898. The van der Waals surface area contributed by atoms with Crippen molar-refractivity contribution in [2.45, 2.75) is 12.5 Å².